The number of hydrogen-bond acceptors (Lipinski definition) is 4. The van der Waals surface area contributed by atoms with Crippen LogP contribution in [0.3, 0.4) is 0 Å². The maximum absolute atomic E-state index is 14.2. The highest BCUT2D eigenvalue weighted by atomic mass is 32.2. The van der Waals surface area contributed by atoms with Gasteiger partial charge in [-0.15, -0.1) is 0 Å². The Morgan fingerprint density at radius 2 is 1.95 bits per heavy atom. The zero-order chi connectivity index (χ0) is 15.4. The first-order chi connectivity index (χ1) is 10.7. The van der Waals surface area contributed by atoms with Gasteiger partial charge in [0.2, 0.25) is 0 Å². The molecule has 2 aliphatic rings. The predicted molar refractivity (Wildman–Crippen MR) is 91.1 cm³/mol. The average Bonchev–Trinajstić information content (AvgIpc) is 3.03. The van der Waals surface area contributed by atoms with Crippen molar-refractivity contribution in [3.8, 4) is 0 Å². The van der Waals surface area contributed by atoms with Crippen molar-refractivity contribution in [2.45, 2.75) is 37.8 Å². The minimum absolute atomic E-state index is 0.150. The first-order valence-corrected chi connectivity index (χ1v) is 9.37. The van der Waals surface area contributed by atoms with Gasteiger partial charge in [-0.1, -0.05) is 6.07 Å². The standard InChI is InChI=1S/C17H25FN2OS/c18-15-4-3-5-16(20-8-1-2-9-20)14(15)12-19-13-17(21)6-10-22-11-7-17/h3-5,19,21H,1-2,6-13H2. The van der Waals surface area contributed by atoms with E-state index in [1.165, 1.54) is 18.9 Å². The zero-order valence-corrected chi connectivity index (χ0v) is 13.8. The summed E-state index contributed by atoms with van der Waals surface area (Å²) in [6.45, 7) is 3.05. The summed E-state index contributed by atoms with van der Waals surface area (Å²) in [4.78, 5) is 2.27. The van der Waals surface area contributed by atoms with Gasteiger partial charge in [-0.3, -0.25) is 0 Å². The molecule has 0 bridgehead atoms. The molecule has 0 aliphatic carbocycles. The minimum atomic E-state index is -0.621. The predicted octanol–water partition coefficient (Wildman–Crippen LogP) is 2.77. The Hall–Kier alpha value is -0.780. The van der Waals surface area contributed by atoms with Gasteiger partial charge < -0.3 is 15.3 Å². The van der Waals surface area contributed by atoms with E-state index in [1.807, 2.05) is 17.8 Å². The molecule has 2 N–H and O–H groups in total. The average molecular weight is 324 g/mol. The molecule has 22 heavy (non-hydrogen) atoms. The molecule has 2 fully saturated rings. The lowest BCUT2D eigenvalue weighted by molar-refractivity contribution is 0.0319. The van der Waals surface area contributed by atoms with E-state index in [0.29, 0.717) is 13.1 Å². The Kier molecular flexibility index (Phi) is 5.26. The lowest BCUT2D eigenvalue weighted by Gasteiger charge is -2.32. The van der Waals surface area contributed by atoms with Gasteiger partial charge in [-0.2, -0.15) is 11.8 Å². The molecule has 0 radical (unpaired) electrons. The van der Waals surface area contributed by atoms with Crippen molar-refractivity contribution in [2.24, 2.45) is 0 Å². The number of nitrogens with zero attached hydrogens (tertiary/aromatic N) is 1. The molecular formula is C17H25FN2OS. The van der Waals surface area contributed by atoms with Crippen LogP contribution in [0, 0.1) is 5.82 Å². The lowest BCUT2D eigenvalue weighted by Crippen LogP contribution is -2.43. The fourth-order valence-electron chi connectivity index (χ4n) is 3.32. The van der Waals surface area contributed by atoms with Crippen molar-refractivity contribution in [1.82, 2.24) is 5.32 Å². The number of nitrogens with one attached hydrogen (secondary N) is 1. The first kappa shape index (κ1) is 16.1. The van der Waals surface area contributed by atoms with Crippen LogP contribution in [0.5, 0.6) is 0 Å². The fraction of sp³-hybridized carbons (Fsp3) is 0.647. The molecule has 2 heterocycles. The van der Waals surface area contributed by atoms with Crippen molar-refractivity contribution in [3.63, 3.8) is 0 Å². The Bertz CT molecular complexity index is 499. The highest BCUT2D eigenvalue weighted by Gasteiger charge is 2.29. The van der Waals surface area contributed by atoms with Crippen LogP contribution in [-0.2, 0) is 6.54 Å². The summed E-state index contributed by atoms with van der Waals surface area (Å²) in [6.07, 6.45) is 4.00. The van der Waals surface area contributed by atoms with E-state index >= 15 is 0 Å². The van der Waals surface area contributed by atoms with E-state index in [9.17, 15) is 9.50 Å². The van der Waals surface area contributed by atoms with Crippen molar-refractivity contribution < 1.29 is 9.50 Å². The number of hydrogen-bond donors (Lipinski definition) is 2. The molecule has 1 aromatic rings. The number of benzene rings is 1. The molecule has 0 amide bonds. The Morgan fingerprint density at radius 1 is 1.23 bits per heavy atom. The van der Waals surface area contributed by atoms with Gasteiger partial charge in [0.15, 0.2) is 0 Å². The number of halogens is 1. The number of thioether (sulfide) groups is 1. The summed E-state index contributed by atoms with van der Waals surface area (Å²) < 4.78 is 14.2. The van der Waals surface area contributed by atoms with E-state index in [4.69, 9.17) is 0 Å². The maximum atomic E-state index is 14.2. The molecule has 0 saturated carbocycles. The molecule has 2 aliphatic heterocycles. The van der Waals surface area contributed by atoms with Crippen LogP contribution in [0.15, 0.2) is 18.2 Å². The molecule has 3 nitrogen and oxygen atoms in total. The lowest BCUT2D eigenvalue weighted by atomic mass is 9.97. The summed E-state index contributed by atoms with van der Waals surface area (Å²) in [5, 5.41) is 13.8. The quantitative estimate of drug-likeness (QED) is 0.873. The Labute approximate surface area is 136 Å². The smallest absolute Gasteiger partial charge is 0.129 e. The summed E-state index contributed by atoms with van der Waals surface area (Å²) in [5.74, 6) is 1.87. The van der Waals surface area contributed by atoms with Gasteiger partial charge >= 0.3 is 0 Å². The highest BCUT2D eigenvalue weighted by molar-refractivity contribution is 7.99. The highest BCUT2D eigenvalue weighted by Crippen LogP contribution is 2.28. The third kappa shape index (κ3) is 3.76. The second-order valence-electron chi connectivity index (χ2n) is 6.37. The summed E-state index contributed by atoms with van der Waals surface area (Å²) in [6, 6.07) is 5.33. The maximum Gasteiger partial charge on any atom is 0.129 e. The van der Waals surface area contributed by atoms with Gasteiger partial charge in [0.25, 0.3) is 0 Å². The van der Waals surface area contributed by atoms with Crippen LogP contribution in [-0.4, -0.2) is 41.8 Å². The molecule has 5 heteroatoms. The van der Waals surface area contributed by atoms with Gasteiger partial charge in [-0.05, 0) is 49.3 Å². The molecule has 3 rings (SSSR count). The van der Waals surface area contributed by atoms with Crippen LogP contribution in [0.2, 0.25) is 0 Å². The zero-order valence-electron chi connectivity index (χ0n) is 13.0. The first-order valence-electron chi connectivity index (χ1n) is 8.21. The normalized spacial score (nSPS) is 21.3. The van der Waals surface area contributed by atoms with E-state index in [-0.39, 0.29) is 5.82 Å². The van der Waals surface area contributed by atoms with Gasteiger partial charge in [-0.25, -0.2) is 4.39 Å². The Balaban J connectivity index is 1.64. The van der Waals surface area contributed by atoms with Crippen LogP contribution in [0.1, 0.15) is 31.2 Å². The summed E-state index contributed by atoms with van der Waals surface area (Å²) >= 11 is 1.89. The fourth-order valence-corrected chi connectivity index (χ4v) is 4.58. The van der Waals surface area contributed by atoms with Crippen molar-refractivity contribution in [2.75, 3.05) is 36.0 Å². The largest absolute Gasteiger partial charge is 0.389 e. The van der Waals surface area contributed by atoms with Crippen LogP contribution in [0.25, 0.3) is 0 Å². The van der Waals surface area contributed by atoms with E-state index in [0.717, 1.165) is 48.7 Å². The van der Waals surface area contributed by atoms with Crippen molar-refractivity contribution in [3.05, 3.63) is 29.6 Å². The third-order valence-corrected chi connectivity index (χ3v) is 5.71. The molecule has 0 aromatic heterocycles. The van der Waals surface area contributed by atoms with Gasteiger partial charge in [0.1, 0.15) is 5.82 Å². The molecule has 0 spiro atoms. The summed E-state index contributed by atoms with van der Waals surface area (Å²) in [7, 11) is 0. The SMILES string of the molecule is OC1(CNCc2c(F)cccc2N2CCCC2)CCSCC1. The minimum Gasteiger partial charge on any atom is -0.389 e. The molecular weight excluding hydrogens is 299 g/mol. The van der Waals surface area contributed by atoms with Gasteiger partial charge in [0, 0.05) is 37.4 Å². The molecule has 0 unspecified atom stereocenters. The molecule has 2 saturated heterocycles. The van der Waals surface area contributed by atoms with E-state index in [2.05, 4.69) is 10.2 Å². The number of rotatable bonds is 5. The number of aliphatic hydroxyl groups is 1. The second-order valence-corrected chi connectivity index (χ2v) is 7.60. The van der Waals surface area contributed by atoms with E-state index in [1.54, 1.807) is 6.07 Å². The molecule has 1 aromatic carbocycles. The van der Waals surface area contributed by atoms with E-state index < -0.39 is 5.60 Å². The number of anilines is 1. The van der Waals surface area contributed by atoms with Crippen LogP contribution < -0.4 is 10.2 Å². The van der Waals surface area contributed by atoms with Crippen LogP contribution in [0.4, 0.5) is 10.1 Å². The van der Waals surface area contributed by atoms with Gasteiger partial charge in [0.05, 0.1) is 5.60 Å². The monoisotopic (exact) mass is 324 g/mol. The second kappa shape index (κ2) is 7.20. The van der Waals surface area contributed by atoms with Crippen molar-refractivity contribution >= 4 is 17.4 Å². The van der Waals surface area contributed by atoms with Crippen LogP contribution >= 0.6 is 11.8 Å². The summed E-state index contributed by atoms with van der Waals surface area (Å²) in [5.41, 5.74) is 1.12. The Morgan fingerprint density at radius 3 is 2.68 bits per heavy atom. The topological polar surface area (TPSA) is 35.5 Å². The molecule has 122 valence electrons. The van der Waals surface area contributed by atoms with Crippen molar-refractivity contribution in [1.29, 1.82) is 0 Å². The third-order valence-electron chi connectivity index (χ3n) is 4.72. The molecule has 0 atom stereocenters.